The predicted octanol–water partition coefficient (Wildman–Crippen LogP) is 12.9. The Morgan fingerprint density at radius 2 is 0.860 bits per heavy atom. The van der Waals surface area contributed by atoms with E-state index in [1.165, 1.54) is 88.4 Å². The van der Waals surface area contributed by atoms with Gasteiger partial charge < -0.3 is 9.13 Å². The highest BCUT2D eigenvalue weighted by Gasteiger charge is 2.19. The van der Waals surface area contributed by atoms with Gasteiger partial charge in [0.25, 0.3) is 0 Å². The molecule has 234 valence electrons. The van der Waals surface area contributed by atoms with Gasteiger partial charge in [-0.1, -0.05) is 140 Å². The van der Waals surface area contributed by atoms with Gasteiger partial charge in [0.1, 0.15) is 0 Å². The van der Waals surface area contributed by atoms with E-state index in [9.17, 15) is 0 Å². The van der Waals surface area contributed by atoms with Gasteiger partial charge in [-0.05, 0) is 82.4 Å². The molecule has 8 aromatic carbocycles. The summed E-state index contributed by atoms with van der Waals surface area (Å²) in [5.74, 6) is 0. The van der Waals surface area contributed by atoms with Crippen LogP contribution >= 0.6 is 0 Å². The Bertz CT molecular complexity index is 2840. The lowest BCUT2D eigenvalue weighted by molar-refractivity contribution is 1.18. The van der Waals surface area contributed by atoms with Crippen molar-refractivity contribution in [1.82, 2.24) is 9.13 Å². The van der Waals surface area contributed by atoms with E-state index in [0.717, 1.165) is 0 Å². The van der Waals surface area contributed by atoms with Gasteiger partial charge in [-0.25, -0.2) is 0 Å². The van der Waals surface area contributed by atoms with Gasteiger partial charge in [0.05, 0.1) is 27.8 Å². The van der Waals surface area contributed by atoms with E-state index in [1.807, 2.05) is 0 Å². The van der Waals surface area contributed by atoms with Crippen LogP contribution in [0.4, 0.5) is 0 Å². The second-order valence-electron chi connectivity index (χ2n) is 12.9. The fourth-order valence-corrected chi connectivity index (χ4v) is 7.91. The first-order chi connectivity index (χ1) is 24.8. The maximum atomic E-state index is 2.45. The summed E-state index contributed by atoms with van der Waals surface area (Å²) in [6.07, 6.45) is 0. The van der Waals surface area contributed by atoms with Crippen LogP contribution in [0.5, 0.6) is 0 Å². The van der Waals surface area contributed by atoms with Gasteiger partial charge in [0.15, 0.2) is 0 Å². The normalized spacial score (nSPS) is 11.6. The fourth-order valence-electron chi connectivity index (χ4n) is 7.91. The average Bonchev–Trinajstić information content (AvgIpc) is 3.71. The second-order valence-corrected chi connectivity index (χ2v) is 12.9. The van der Waals surface area contributed by atoms with Crippen LogP contribution in [-0.2, 0) is 0 Å². The number of aromatic nitrogens is 2. The third-order valence-corrected chi connectivity index (χ3v) is 10.1. The quantitative estimate of drug-likeness (QED) is 0.178. The monoisotopic (exact) mass is 636 g/mol. The summed E-state index contributed by atoms with van der Waals surface area (Å²) in [5, 5.41) is 5.02. The molecule has 0 saturated carbocycles. The number of hydrogen-bond donors (Lipinski definition) is 0. The molecule has 0 aliphatic rings. The molecule has 0 fully saturated rings. The van der Waals surface area contributed by atoms with Crippen LogP contribution in [-0.4, -0.2) is 9.13 Å². The smallest absolute Gasteiger partial charge is 0.0547 e. The lowest BCUT2D eigenvalue weighted by atomic mass is 9.97. The maximum Gasteiger partial charge on any atom is 0.0547 e. The number of benzene rings is 8. The Morgan fingerprint density at radius 3 is 1.62 bits per heavy atom. The molecule has 2 heterocycles. The van der Waals surface area contributed by atoms with Gasteiger partial charge in [0, 0.05) is 32.8 Å². The Kier molecular flexibility index (Phi) is 6.53. The van der Waals surface area contributed by atoms with Crippen molar-refractivity contribution in [3.8, 4) is 44.8 Å². The maximum absolute atomic E-state index is 2.45. The van der Waals surface area contributed by atoms with E-state index >= 15 is 0 Å². The molecule has 2 heteroatoms. The zero-order valence-electron chi connectivity index (χ0n) is 27.4. The average molecular weight is 637 g/mol. The van der Waals surface area contributed by atoms with Crippen molar-refractivity contribution >= 4 is 43.6 Å². The van der Waals surface area contributed by atoms with Gasteiger partial charge in [-0.3, -0.25) is 0 Å². The molecule has 2 nitrogen and oxygen atoms in total. The molecule has 0 amide bonds. The summed E-state index contributed by atoms with van der Waals surface area (Å²) >= 11 is 0. The number of fused-ring (bicyclic) bond motifs is 6. The first-order valence-electron chi connectivity index (χ1n) is 17.2. The molecule has 0 unspecified atom stereocenters. The molecule has 10 rings (SSSR count). The highest BCUT2D eigenvalue weighted by Crippen LogP contribution is 2.42. The SMILES string of the molecule is c1ccc(-c2ccc(-n3c4ccccc4c4cc(-c5cccc6c5c5ccccc5n6-c5ccccc5)ccc43)c(-c3ccccc3)c2)cc1. The van der Waals surface area contributed by atoms with E-state index < -0.39 is 0 Å². The fraction of sp³-hybridized carbons (Fsp3) is 0. The standard InChI is InChI=1S/C48H32N2/c1-4-15-33(16-5-1)35-27-29-45(41(31-35)34-17-6-2-7-18-34)50-43-24-12-10-21-39(43)42-32-36(28-30-46(42)50)38-23-14-26-47-48(38)40-22-11-13-25-44(40)49(47)37-19-8-3-9-20-37/h1-32H. The number of para-hydroxylation sites is 3. The molecule has 10 aromatic rings. The molecular formula is C48H32N2. The van der Waals surface area contributed by atoms with Crippen molar-refractivity contribution in [3.05, 3.63) is 194 Å². The van der Waals surface area contributed by atoms with Crippen LogP contribution in [0.25, 0.3) is 88.4 Å². The summed E-state index contributed by atoms with van der Waals surface area (Å²) in [7, 11) is 0. The third kappa shape index (κ3) is 4.43. The van der Waals surface area contributed by atoms with Crippen LogP contribution in [0.15, 0.2) is 194 Å². The van der Waals surface area contributed by atoms with E-state index in [-0.39, 0.29) is 0 Å². The van der Waals surface area contributed by atoms with Crippen molar-refractivity contribution in [1.29, 1.82) is 0 Å². The molecular weight excluding hydrogens is 605 g/mol. The summed E-state index contributed by atoms with van der Waals surface area (Å²) in [6, 6.07) is 70.4. The minimum atomic E-state index is 1.17. The zero-order valence-corrected chi connectivity index (χ0v) is 27.4. The Balaban J connectivity index is 1.22. The summed E-state index contributed by atoms with van der Waals surface area (Å²) < 4.78 is 4.84. The summed E-state index contributed by atoms with van der Waals surface area (Å²) in [5.41, 5.74) is 14.4. The van der Waals surface area contributed by atoms with Crippen molar-refractivity contribution < 1.29 is 0 Å². The third-order valence-electron chi connectivity index (χ3n) is 10.1. The van der Waals surface area contributed by atoms with Gasteiger partial charge in [-0.15, -0.1) is 0 Å². The summed E-state index contributed by atoms with van der Waals surface area (Å²) in [4.78, 5) is 0. The van der Waals surface area contributed by atoms with Gasteiger partial charge in [-0.2, -0.15) is 0 Å². The highest BCUT2D eigenvalue weighted by molar-refractivity contribution is 6.17. The molecule has 0 aliphatic carbocycles. The second kappa shape index (κ2) is 11.5. The van der Waals surface area contributed by atoms with Crippen molar-refractivity contribution in [2.75, 3.05) is 0 Å². The van der Waals surface area contributed by atoms with E-state index in [1.54, 1.807) is 0 Å². The topological polar surface area (TPSA) is 9.86 Å². The number of rotatable bonds is 5. The largest absolute Gasteiger partial charge is 0.309 e. The molecule has 0 saturated heterocycles. The first kappa shape index (κ1) is 28.4. The molecule has 0 spiro atoms. The first-order valence-corrected chi connectivity index (χ1v) is 17.2. The minimum Gasteiger partial charge on any atom is -0.309 e. The molecule has 0 radical (unpaired) electrons. The minimum absolute atomic E-state index is 1.17. The molecule has 0 atom stereocenters. The Hall–Kier alpha value is -6.64. The van der Waals surface area contributed by atoms with E-state index in [0.29, 0.717) is 0 Å². The van der Waals surface area contributed by atoms with E-state index in [4.69, 9.17) is 0 Å². The molecule has 0 aliphatic heterocycles. The Morgan fingerprint density at radius 1 is 0.280 bits per heavy atom. The summed E-state index contributed by atoms with van der Waals surface area (Å²) in [6.45, 7) is 0. The van der Waals surface area contributed by atoms with E-state index in [2.05, 4.69) is 203 Å². The van der Waals surface area contributed by atoms with Crippen LogP contribution in [0, 0.1) is 0 Å². The number of hydrogen-bond acceptors (Lipinski definition) is 0. The van der Waals surface area contributed by atoms with Crippen molar-refractivity contribution in [3.63, 3.8) is 0 Å². The Labute approximate surface area is 290 Å². The predicted molar refractivity (Wildman–Crippen MR) is 211 cm³/mol. The highest BCUT2D eigenvalue weighted by atomic mass is 15.0. The van der Waals surface area contributed by atoms with Crippen LogP contribution in [0.1, 0.15) is 0 Å². The molecule has 2 aromatic heterocycles. The van der Waals surface area contributed by atoms with Crippen LogP contribution < -0.4 is 0 Å². The molecule has 0 N–H and O–H groups in total. The van der Waals surface area contributed by atoms with Gasteiger partial charge in [0.2, 0.25) is 0 Å². The van der Waals surface area contributed by atoms with Crippen LogP contribution in [0.3, 0.4) is 0 Å². The zero-order chi connectivity index (χ0) is 33.0. The lowest BCUT2D eigenvalue weighted by Crippen LogP contribution is -1.98. The van der Waals surface area contributed by atoms with Crippen molar-refractivity contribution in [2.45, 2.75) is 0 Å². The van der Waals surface area contributed by atoms with Gasteiger partial charge >= 0.3 is 0 Å². The lowest BCUT2D eigenvalue weighted by Gasteiger charge is -2.16. The van der Waals surface area contributed by atoms with Crippen LogP contribution in [0.2, 0.25) is 0 Å². The molecule has 50 heavy (non-hydrogen) atoms. The number of nitrogens with zero attached hydrogens (tertiary/aromatic N) is 2. The molecule has 0 bridgehead atoms. The van der Waals surface area contributed by atoms with Crippen molar-refractivity contribution in [2.24, 2.45) is 0 Å².